The van der Waals surface area contributed by atoms with E-state index in [2.05, 4.69) is 42.4 Å². The average Bonchev–Trinajstić information content (AvgIpc) is 3.48. The van der Waals surface area contributed by atoms with E-state index >= 15 is 0 Å². The number of hydrogen-bond acceptors (Lipinski definition) is 8. The molecule has 10 nitrogen and oxygen atoms in total. The van der Waals surface area contributed by atoms with Crippen molar-refractivity contribution in [3.63, 3.8) is 0 Å². The lowest BCUT2D eigenvalue weighted by Crippen LogP contribution is -2.48. The summed E-state index contributed by atoms with van der Waals surface area (Å²) in [5.74, 6) is 2.33. The van der Waals surface area contributed by atoms with E-state index in [4.69, 9.17) is 9.47 Å². The topological polar surface area (TPSA) is 101 Å². The number of pyridine rings is 1. The monoisotopic (exact) mass is 543 g/mol. The van der Waals surface area contributed by atoms with Crippen molar-refractivity contribution in [1.82, 2.24) is 35.0 Å². The summed E-state index contributed by atoms with van der Waals surface area (Å²) >= 11 is 0. The van der Waals surface area contributed by atoms with Gasteiger partial charge < -0.3 is 14.5 Å². The van der Waals surface area contributed by atoms with Gasteiger partial charge in [0.05, 0.1) is 25.8 Å². The van der Waals surface area contributed by atoms with Crippen molar-refractivity contribution in [3.8, 4) is 11.5 Å². The van der Waals surface area contributed by atoms with Crippen LogP contribution in [0.25, 0.3) is 10.9 Å². The van der Waals surface area contributed by atoms with Crippen LogP contribution in [0.5, 0.6) is 11.5 Å². The third kappa shape index (κ3) is 5.46. The molecule has 1 saturated heterocycles. The van der Waals surface area contributed by atoms with Crippen molar-refractivity contribution in [2.24, 2.45) is 0 Å². The van der Waals surface area contributed by atoms with Gasteiger partial charge in [-0.2, -0.15) is 0 Å². The maximum absolute atomic E-state index is 13.6. The van der Waals surface area contributed by atoms with Gasteiger partial charge in [0.15, 0.2) is 5.82 Å². The van der Waals surface area contributed by atoms with Gasteiger partial charge >= 0.3 is 0 Å². The fraction of sp³-hybridized carbons (Fsp3) is 0.467. The fourth-order valence-corrected chi connectivity index (χ4v) is 6.16. The van der Waals surface area contributed by atoms with Crippen LogP contribution < -0.4 is 15.0 Å². The lowest BCUT2D eigenvalue weighted by molar-refractivity contribution is 0.0982. The van der Waals surface area contributed by atoms with E-state index in [0.717, 1.165) is 68.0 Å². The number of benzene rings is 2. The summed E-state index contributed by atoms with van der Waals surface area (Å²) in [4.78, 5) is 21.6. The van der Waals surface area contributed by atoms with Crippen LogP contribution in [0.1, 0.15) is 61.1 Å². The van der Waals surface area contributed by atoms with E-state index in [-0.39, 0.29) is 17.6 Å². The number of nitrogens with one attached hydrogen (secondary N) is 1. The molecule has 0 amide bonds. The molecular weight excluding hydrogens is 506 g/mol. The molecule has 2 aromatic carbocycles. The highest BCUT2D eigenvalue weighted by Crippen LogP contribution is 2.34. The van der Waals surface area contributed by atoms with Crippen molar-refractivity contribution >= 4 is 10.9 Å². The second-order valence-electron chi connectivity index (χ2n) is 10.8. The quantitative estimate of drug-likeness (QED) is 0.357. The second kappa shape index (κ2) is 11.8. The predicted octanol–water partition coefficient (Wildman–Crippen LogP) is 3.94. The van der Waals surface area contributed by atoms with Gasteiger partial charge in [-0.1, -0.05) is 31.4 Å². The molecule has 10 heteroatoms. The minimum absolute atomic E-state index is 0.121. The maximum Gasteiger partial charge on any atom is 0.253 e. The number of tetrazole rings is 1. The zero-order valence-electron chi connectivity index (χ0n) is 23.3. The number of ether oxygens (including phenoxy) is 2. The molecule has 210 valence electrons. The van der Waals surface area contributed by atoms with E-state index in [1.165, 1.54) is 24.8 Å². The van der Waals surface area contributed by atoms with Gasteiger partial charge in [-0.3, -0.25) is 14.6 Å². The lowest BCUT2D eigenvalue weighted by atomic mass is 9.95. The van der Waals surface area contributed by atoms with Crippen molar-refractivity contribution in [2.45, 2.75) is 50.7 Å². The highest BCUT2D eigenvalue weighted by atomic mass is 16.5. The van der Waals surface area contributed by atoms with Crippen molar-refractivity contribution in [1.29, 1.82) is 0 Å². The number of aromatic nitrogens is 5. The van der Waals surface area contributed by atoms with E-state index < -0.39 is 0 Å². The van der Waals surface area contributed by atoms with Gasteiger partial charge in [-0.05, 0) is 64.5 Å². The summed E-state index contributed by atoms with van der Waals surface area (Å²) in [7, 11) is 3.32. The van der Waals surface area contributed by atoms with Crippen molar-refractivity contribution < 1.29 is 9.47 Å². The first-order valence-corrected chi connectivity index (χ1v) is 14.2. The first-order valence-electron chi connectivity index (χ1n) is 14.2. The highest BCUT2D eigenvalue weighted by molar-refractivity contribution is 5.80. The third-order valence-corrected chi connectivity index (χ3v) is 8.40. The summed E-state index contributed by atoms with van der Waals surface area (Å²) in [6.45, 7) is 4.25. The van der Waals surface area contributed by atoms with Crippen LogP contribution in [0.2, 0.25) is 0 Å². The molecule has 0 bridgehead atoms. The molecule has 2 aromatic heterocycles. The summed E-state index contributed by atoms with van der Waals surface area (Å²) < 4.78 is 12.7. The van der Waals surface area contributed by atoms with Gasteiger partial charge in [0.1, 0.15) is 17.5 Å². The largest absolute Gasteiger partial charge is 0.497 e. The zero-order valence-corrected chi connectivity index (χ0v) is 23.3. The van der Waals surface area contributed by atoms with Crippen molar-refractivity contribution in [3.05, 3.63) is 75.8 Å². The normalized spacial score (nSPS) is 18.1. The second-order valence-corrected chi connectivity index (χ2v) is 10.8. The van der Waals surface area contributed by atoms with Gasteiger partial charge in [0.2, 0.25) is 0 Å². The molecule has 2 aliphatic rings. The molecule has 0 unspecified atom stereocenters. The summed E-state index contributed by atoms with van der Waals surface area (Å²) in [5.41, 5.74) is 2.56. The molecule has 1 atom stereocenters. The van der Waals surface area contributed by atoms with Crippen LogP contribution in [0.3, 0.4) is 0 Å². The van der Waals surface area contributed by atoms with Gasteiger partial charge in [0, 0.05) is 44.4 Å². The number of nitrogens with zero attached hydrogens (tertiary/aromatic N) is 6. The smallest absolute Gasteiger partial charge is 0.253 e. The molecule has 1 N–H and O–H groups in total. The molecule has 1 aliphatic carbocycles. The zero-order chi connectivity index (χ0) is 27.5. The third-order valence-electron chi connectivity index (χ3n) is 8.40. The molecular formula is C30H37N7O3. The van der Waals surface area contributed by atoms with Crippen LogP contribution in [-0.2, 0) is 6.54 Å². The Morgan fingerprint density at radius 1 is 0.925 bits per heavy atom. The standard InChI is InChI=1S/C30H37N7O3/c1-39-24-11-8-21(9-12-24)20-35-14-16-36(17-15-35)28(29-32-33-34-37(29)23-6-4-3-5-7-23)26-18-22-10-13-25(40-2)19-27(22)31-30(26)38/h8-13,18-19,23,28H,3-7,14-17,20H2,1-2H3,(H,31,38)/t28-/m1/s1. The summed E-state index contributed by atoms with van der Waals surface area (Å²) in [6.07, 6.45) is 5.73. The van der Waals surface area contributed by atoms with Crippen LogP contribution >= 0.6 is 0 Å². The Morgan fingerprint density at radius 3 is 2.38 bits per heavy atom. The molecule has 3 heterocycles. The SMILES string of the molecule is COc1ccc(CN2CCN([C@H](c3cc4ccc(OC)cc4[nH]c3=O)c3nnnn3C3CCCCC3)CC2)cc1. The van der Waals surface area contributed by atoms with Gasteiger partial charge in [-0.15, -0.1) is 5.10 Å². The lowest BCUT2D eigenvalue weighted by Gasteiger charge is -2.39. The Labute approximate surface area is 233 Å². The van der Waals surface area contributed by atoms with E-state index in [9.17, 15) is 4.79 Å². The molecule has 0 spiro atoms. The number of H-pyrrole nitrogens is 1. The number of rotatable bonds is 8. The number of fused-ring (bicyclic) bond motifs is 1. The van der Waals surface area contributed by atoms with E-state index in [1.807, 2.05) is 41.1 Å². The van der Waals surface area contributed by atoms with Gasteiger partial charge in [-0.25, -0.2) is 4.68 Å². The fourth-order valence-electron chi connectivity index (χ4n) is 6.16. The minimum Gasteiger partial charge on any atom is -0.497 e. The summed E-state index contributed by atoms with van der Waals surface area (Å²) in [5, 5.41) is 14.1. The first kappa shape index (κ1) is 26.5. The number of methoxy groups -OCH3 is 2. The molecule has 1 aliphatic heterocycles. The average molecular weight is 544 g/mol. The first-order chi connectivity index (χ1) is 19.6. The molecule has 6 rings (SSSR count). The number of hydrogen-bond donors (Lipinski definition) is 1. The Hall–Kier alpha value is -3.76. The molecule has 40 heavy (non-hydrogen) atoms. The van der Waals surface area contributed by atoms with Gasteiger partial charge in [0.25, 0.3) is 5.56 Å². The van der Waals surface area contributed by atoms with E-state index in [0.29, 0.717) is 11.3 Å². The number of piperazine rings is 1. The minimum atomic E-state index is -0.338. The molecule has 0 radical (unpaired) electrons. The van der Waals surface area contributed by atoms with E-state index in [1.54, 1.807) is 14.2 Å². The number of aromatic amines is 1. The van der Waals surface area contributed by atoms with Crippen molar-refractivity contribution in [2.75, 3.05) is 40.4 Å². The summed E-state index contributed by atoms with van der Waals surface area (Å²) in [6, 6.07) is 16.0. The van der Waals surface area contributed by atoms with Crippen LogP contribution in [0.4, 0.5) is 0 Å². The molecule has 4 aromatic rings. The Morgan fingerprint density at radius 2 is 1.65 bits per heavy atom. The molecule has 1 saturated carbocycles. The van der Waals surface area contributed by atoms with Crippen LogP contribution in [-0.4, -0.2) is 75.4 Å². The van der Waals surface area contributed by atoms with Crippen LogP contribution in [0.15, 0.2) is 53.3 Å². The molecule has 2 fully saturated rings. The Balaban J connectivity index is 1.31. The highest BCUT2D eigenvalue weighted by Gasteiger charge is 2.34. The Bertz CT molecular complexity index is 1490. The predicted molar refractivity (Wildman–Crippen MR) is 153 cm³/mol. The van der Waals surface area contributed by atoms with Crippen LogP contribution in [0, 0.1) is 0 Å². The Kier molecular flexibility index (Phi) is 7.79. The maximum atomic E-state index is 13.6.